The fourth-order valence-corrected chi connectivity index (χ4v) is 3.11. The van der Waals surface area contributed by atoms with Crippen LogP contribution in [0, 0.1) is 11.8 Å². The second kappa shape index (κ2) is 7.78. The van der Waals surface area contributed by atoms with Gasteiger partial charge in [0.05, 0.1) is 13.2 Å². The minimum absolute atomic E-state index is 0.0905. The Labute approximate surface area is 127 Å². The largest absolute Gasteiger partial charge is 0.378 e. The van der Waals surface area contributed by atoms with Crippen molar-refractivity contribution in [2.75, 3.05) is 26.3 Å². The molecule has 120 valence electrons. The normalized spacial score (nSPS) is 28.0. The first-order valence-corrected chi connectivity index (χ1v) is 8.28. The summed E-state index contributed by atoms with van der Waals surface area (Å²) in [6, 6.07) is 0.241. The van der Waals surface area contributed by atoms with Crippen molar-refractivity contribution in [2.24, 2.45) is 11.8 Å². The van der Waals surface area contributed by atoms with E-state index in [-0.39, 0.29) is 29.7 Å². The monoisotopic (exact) mass is 296 g/mol. The van der Waals surface area contributed by atoms with Gasteiger partial charge in [0.1, 0.15) is 0 Å². The topological polar surface area (TPSA) is 58.6 Å². The Bertz CT molecular complexity index is 359. The Morgan fingerprint density at radius 3 is 2.29 bits per heavy atom. The van der Waals surface area contributed by atoms with E-state index in [4.69, 9.17) is 4.74 Å². The highest BCUT2D eigenvalue weighted by Crippen LogP contribution is 2.30. The molecule has 2 amide bonds. The zero-order chi connectivity index (χ0) is 15.2. The number of carbonyl (C=O) groups is 2. The zero-order valence-electron chi connectivity index (χ0n) is 13.3. The van der Waals surface area contributed by atoms with E-state index in [0.29, 0.717) is 26.3 Å². The predicted octanol–water partition coefficient (Wildman–Crippen LogP) is 1.57. The number of hydrogen-bond acceptors (Lipinski definition) is 3. The third kappa shape index (κ3) is 4.43. The maximum Gasteiger partial charge on any atom is 0.225 e. The number of amides is 2. The highest BCUT2D eigenvalue weighted by atomic mass is 16.5. The van der Waals surface area contributed by atoms with Crippen LogP contribution in [0.1, 0.15) is 46.0 Å². The Kier molecular flexibility index (Phi) is 6.03. The first kappa shape index (κ1) is 16.3. The molecule has 0 bridgehead atoms. The molecule has 0 radical (unpaired) electrons. The molecule has 0 spiro atoms. The molecule has 21 heavy (non-hydrogen) atoms. The Hall–Kier alpha value is -1.10. The molecule has 2 rings (SSSR count). The first-order valence-electron chi connectivity index (χ1n) is 8.28. The van der Waals surface area contributed by atoms with Crippen molar-refractivity contribution in [1.82, 2.24) is 10.2 Å². The fourth-order valence-electron chi connectivity index (χ4n) is 3.11. The van der Waals surface area contributed by atoms with E-state index < -0.39 is 0 Å². The van der Waals surface area contributed by atoms with Crippen LogP contribution in [0.15, 0.2) is 0 Å². The third-order valence-electron chi connectivity index (χ3n) is 4.77. The number of ether oxygens (including phenoxy) is 1. The molecule has 1 atom stereocenters. The standard InChI is InChI=1S/C16H28N2O3/c1-3-12(2)17-15(19)13-4-6-14(7-5-13)16(20)18-8-10-21-11-9-18/h12-14H,3-11H2,1-2H3,(H,17,19). The third-order valence-corrected chi connectivity index (χ3v) is 4.77. The van der Waals surface area contributed by atoms with Gasteiger partial charge < -0.3 is 15.0 Å². The van der Waals surface area contributed by atoms with Crippen LogP contribution in [0.3, 0.4) is 0 Å². The van der Waals surface area contributed by atoms with Crippen LogP contribution in [-0.4, -0.2) is 49.1 Å². The quantitative estimate of drug-likeness (QED) is 0.856. The van der Waals surface area contributed by atoms with Gasteiger partial charge in [-0.2, -0.15) is 0 Å². The van der Waals surface area contributed by atoms with E-state index in [1.54, 1.807) is 0 Å². The Balaban J connectivity index is 1.77. The van der Waals surface area contributed by atoms with E-state index in [0.717, 1.165) is 32.1 Å². The van der Waals surface area contributed by atoms with E-state index in [9.17, 15) is 9.59 Å². The summed E-state index contributed by atoms with van der Waals surface area (Å²) in [4.78, 5) is 26.5. The van der Waals surface area contributed by atoms with Crippen molar-refractivity contribution in [2.45, 2.75) is 52.0 Å². The minimum Gasteiger partial charge on any atom is -0.378 e. The molecule has 0 aromatic carbocycles. The van der Waals surface area contributed by atoms with Crippen molar-refractivity contribution in [3.63, 3.8) is 0 Å². The summed E-state index contributed by atoms with van der Waals surface area (Å²) in [5.74, 6) is 0.629. The van der Waals surface area contributed by atoms with Crippen LogP contribution in [0.5, 0.6) is 0 Å². The number of nitrogens with one attached hydrogen (secondary N) is 1. The summed E-state index contributed by atoms with van der Waals surface area (Å²) in [5, 5.41) is 3.06. The number of hydrogen-bond donors (Lipinski definition) is 1. The molecule has 0 aromatic rings. The minimum atomic E-state index is 0.0905. The molecule has 0 aromatic heterocycles. The van der Waals surface area contributed by atoms with Gasteiger partial charge in [-0.05, 0) is 39.0 Å². The molecule has 1 aliphatic carbocycles. The van der Waals surface area contributed by atoms with Gasteiger partial charge in [-0.15, -0.1) is 0 Å². The average Bonchev–Trinajstić information content (AvgIpc) is 2.55. The van der Waals surface area contributed by atoms with Crippen LogP contribution in [-0.2, 0) is 14.3 Å². The molecule has 1 aliphatic heterocycles. The molecule has 2 fully saturated rings. The zero-order valence-corrected chi connectivity index (χ0v) is 13.3. The molecule has 1 saturated heterocycles. The van der Waals surface area contributed by atoms with Crippen molar-refractivity contribution in [3.05, 3.63) is 0 Å². The summed E-state index contributed by atoms with van der Waals surface area (Å²) in [6.07, 6.45) is 4.31. The van der Waals surface area contributed by atoms with Crippen LogP contribution >= 0.6 is 0 Å². The highest BCUT2D eigenvalue weighted by Gasteiger charge is 2.32. The Morgan fingerprint density at radius 1 is 1.14 bits per heavy atom. The molecular formula is C16H28N2O3. The van der Waals surface area contributed by atoms with Gasteiger partial charge in [0.2, 0.25) is 11.8 Å². The molecule has 5 heteroatoms. The van der Waals surface area contributed by atoms with E-state index in [1.165, 1.54) is 0 Å². The van der Waals surface area contributed by atoms with Crippen molar-refractivity contribution < 1.29 is 14.3 Å². The van der Waals surface area contributed by atoms with Crippen LogP contribution < -0.4 is 5.32 Å². The number of morpholine rings is 1. The molecule has 5 nitrogen and oxygen atoms in total. The summed E-state index contributed by atoms with van der Waals surface area (Å²) < 4.78 is 5.29. The molecule has 2 aliphatic rings. The van der Waals surface area contributed by atoms with Crippen LogP contribution in [0.25, 0.3) is 0 Å². The van der Waals surface area contributed by atoms with Crippen LogP contribution in [0.4, 0.5) is 0 Å². The van der Waals surface area contributed by atoms with Crippen molar-refractivity contribution in [1.29, 1.82) is 0 Å². The lowest BCUT2D eigenvalue weighted by Gasteiger charge is -2.33. The summed E-state index contributed by atoms with van der Waals surface area (Å²) in [6.45, 7) is 6.84. The van der Waals surface area contributed by atoms with Gasteiger partial charge in [-0.25, -0.2) is 0 Å². The highest BCUT2D eigenvalue weighted by molar-refractivity contribution is 5.81. The maximum absolute atomic E-state index is 12.4. The summed E-state index contributed by atoms with van der Waals surface area (Å²) >= 11 is 0. The second-order valence-electron chi connectivity index (χ2n) is 6.30. The van der Waals surface area contributed by atoms with Gasteiger partial charge in [0.25, 0.3) is 0 Å². The summed E-state index contributed by atoms with van der Waals surface area (Å²) in [7, 11) is 0. The fraction of sp³-hybridized carbons (Fsp3) is 0.875. The van der Waals surface area contributed by atoms with Crippen LogP contribution in [0.2, 0.25) is 0 Å². The second-order valence-corrected chi connectivity index (χ2v) is 6.30. The van der Waals surface area contributed by atoms with Gasteiger partial charge >= 0.3 is 0 Å². The lowest BCUT2D eigenvalue weighted by molar-refractivity contribution is -0.142. The lowest BCUT2D eigenvalue weighted by Crippen LogP contribution is -2.45. The average molecular weight is 296 g/mol. The van der Waals surface area contributed by atoms with Crippen molar-refractivity contribution in [3.8, 4) is 0 Å². The maximum atomic E-state index is 12.4. The van der Waals surface area contributed by atoms with E-state index in [2.05, 4.69) is 12.2 Å². The smallest absolute Gasteiger partial charge is 0.225 e. The number of carbonyl (C=O) groups excluding carboxylic acids is 2. The van der Waals surface area contributed by atoms with E-state index >= 15 is 0 Å². The number of rotatable bonds is 4. The molecular weight excluding hydrogens is 268 g/mol. The molecule has 1 unspecified atom stereocenters. The SMILES string of the molecule is CCC(C)NC(=O)C1CCC(C(=O)N2CCOCC2)CC1. The van der Waals surface area contributed by atoms with E-state index in [1.807, 2.05) is 11.8 Å². The van der Waals surface area contributed by atoms with Gasteiger partial charge in [-0.1, -0.05) is 6.92 Å². The predicted molar refractivity (Wildman–Crippen MR) is 80.7 cm³/mol. The first-order chi connectivity index (χ1) is 10.1. The molecule has 1 saturated carbocycles. The molecule has 1 heterocycles. The van der Waals surface area contributed by atoms with Crippen molar-refractivity contribution >= 4 is 11.8 Å². The number of nitrogens with zero attached hydrogens (tertiary/aromatic N) is 1. The Morgan fingerprint density at radius 2 is 1.71 bits per heavy atom. The molecule has 1 N–H and O–H groups in total. The van der Waals surface area contributed by atoms with Gasteiger partial charge in [-0.3, -0.25) is 9.59 Å². The lowest BCUT2D eigenvalue weighted by atomic mass is 9.80. The van der Waals surface area contributed by atoms with Gasteiger partial charge in [0.15, 0.2) is 0 Å². The van der Waals surface area contributed by atoms with Gasteiger partial charge in [0, 0.05) is 31.0 Å². The summed E-state index contributed by atoms with van der Waals surface area (Å²) in [5.41, 5.74) is 0.